The van der Waals surface area contributed by atoms with Crippen LogP contribution in [0.25, 0.3) is 0 Å². The average molecular weight is 217 g/mol. The first-order valence-electron chi connectivity index (χ1n) is 5.98. The van der Waals surface area contributed by atoms with Crippen molar-refractivity contribution >= 4 is 11.5 Å². The number of benzene rings is 1. The van der Waals surface area contributed by atoms with E-state index in [1.807, 2.05) is 0 Å². The molecule has 0 N–H and O–H groups in total. The second-order valence-electron chi connectivity index (χ2n) is 4.62. The van der Waals surface area contributed by atoms with Gasteiger partial charge in [-0.2, -0.15) is 0 Å². The molecule has 0 aromatic heterocycles. The number of Topliss-reactive ketones (excluding diaryl/α,β-unsaturated/α-hetero) is 1. The zero-order valence-electron chi connectivity index (χ0n) is 10.3. The van der Waals surface area contributed by atoms with Crippen molar-refractivity contribution < 1.29 is 4.79 Å². The third kappa shape index (κ3) is 1.84. The molecule has 1 heterocycles. The van der Waals surface area contributed by atoms with Gasteiger partial charge < -0.3 is 4.90 Å². The van der Waals surface area contributed by atoms with Crippen LogP contribution in [0, 0.1) is 6.92 Å². The molecule has 2 heteroatoms. The van der Waals surface area contributed by atoms with Crippen LogP contribution in [0.5, 0.6) is 0 Å². The highest BCUT2D eigenvalue weighted by molar-refractivity contribution is 5.78. The van der Waals surface area contributed by atoms with Gasteiger partial charge in [-0.25, -0.2) is 0 Å². The van der Waals surface area contributed by atoms with Crippen LogP contribution < -0.4 is 4.90 Å². The van der Waals surface area contributed by atoms with Gasteiger partial charge in [0.1, 0.15) is 5.78 Å². The summed E-state index contributed by atoms with van der Waals surface area (Å²) >= 11 is 0. The Balaban J connectivity index is 2.32. The van der Waals surface area contributed by atoms with Crippen molar-refractivity contribution in [1.29, 1.82) is 0 Å². The second kappa shape index (κ2) is 4.28. The molecule has 86 valence electrons. The SMILES string of the molecule is CCN1c2cccc(C)c2CC1CC(C)=O. The average Bonchev–Trinajstić information content (AvgIpc) is 2.56. The summed E-state index contributed by atoms with van der Waals surface area (Å²) in [6, 6.07) is 6.81. The highest BCUT2D eigenvalue weighted by Gasteiger charge is 2.29. The zero-order chi connectivity index (χ0) is 11.7. The van der Waals surface area contributed by atoms with Crippen molar-refractivity contribution in [1.82, 2.24) is 0 Å². The van der Waals surface area contributed by atoms with E-state index in [0.717, 1.165) is 13.0 Å². The molecule has 1 unspecified atom stereocenters. The molecule has 0 saturated carbocycles. The Hall–Kier alpha value is -1.31. The Bertz CT molecular complexity index is 411. The van der Waals surface area contributed by atoms with E-state index < -0.39 is 0 Å². The molecule has 0 radical (unpaired) electrons. The number of anilines is 1. The van der Waals surface area contributed by atoms with Gasteiger partial charge in [-0.3, -0.25) is 4.79 Å². The molecular formula is C14H19NO. The van der Waals surface area contributed by atoms with E-state index >= 15 is 0 Å². The summed E-state index contributed by atoms with van der Waals surface area (Å²) in [5.41, 5.74) is 4.10. The maximum Gasteiger partial charge on any atom is 0.131 e. The predicted octanol–water partition coefficient (Wildman–Crippen LogP) is 2.73. The van der Waals surface area contributed by atoms with Gasteiger partial charge >= 0.3 is 0 Å². The van der Waals surface area contributed by atoms with Crippen LogP contribution in [0.2, 0.25) is 0 Å². The number of carbonyl (C=O) groups is 1. The number of hydrogen-bond donors (Lipinski definition) is 0. The van der Waals surface area contributed by atoms with E-state index in [1.165, 1.54) is 16.8 Å². The van der Waals surface area contributed by atoms with Crippen LogP contribution in [-0.2, 0) is 11.2 Å². The quantitative estimate of drug-likeness (QED) is 0.776. The lowest BCUT2D eigenvalue weighted by molar-refractivity contribution is -0.117. The molecule has 0 fully saturated rings. The number of rotatable bonds is 3. The van der Waals surface area contributed by atoms with Crippen molar-refractivity contribution in [3.05, 3.63) is 29.3 Å². The summed E-state index contributed by atoms with van der Waals surface area (Å²) in [6.45, 7) is 6.98. The Morgan fingerprint density at radius 3 is 2.88 bits per heavy atom. The normalized spacial score (nSPS) is 18.7. The smallest absolute Gasteiger partial charge is 0.131 e. The number of hydrogen-bond acceptors (Lipinski definition) is 2. The third-order valence-electron chi connectivity index (χ3n) is 3.44. The highest BCUT2D eigenvalue weighted by Crippen LogP contribution is 2.35. The van der Waals surface area contributed by atoms with Gasteiger partial charge in [-0.05, 0) is 44.4 Å². The van der Waals surface area contributed by atoms with Gasteiger partial charge in [0.25, 0.3) is 0 Å². The van der Waals surface area contributed by atoms with Gasteiger partial charge in [-0.1, -0.05) is 12.1 Å². The summed E-state index contributed by atoms with van der Waals surface area (Å²) in [5.74, 6) is 0.286. The second-order valence-corrected chi connectivity index (χ2v) is 4.62. The Kier molecular flexibility index (Phi) is 2.99. The number of ketones is 1. The molecule has 0 bridgehead atoms. The molecule has 0 amide bonds. The van der Waals surface area contributed by atoms with Crippen molar-refractivity contribution in [2.45, 2.75) is 39.7 Å². The summed E-state index contributed by atoms with van der Waals surface area (Å²) in [4.78, 5) is 13.6. The molecule has 0 spiro atoms. The standard InChI is InChI=1S/C14H19NO/c1-4-15-12(8-11(3)16)9-13-10(2)6-5-7-14(13)15/h5-7,12H,4,8-9H2,1-3H3. The molecular weight excluding hydrogens is 198 g/mol. The van der Waals surface area contributed by atoms with Crippen LogP contribution in [0.4, 0.5) is 5.69 Å². The van der Waals surface area contributed by atoms with Gasteiger partial charge in [-0.15, -0.1) is 0 Å². The summed E-state index contributed by atoms with van der Waals surface area (Å²) in [5, 5.41) is 0. The molecule has 0 saturated heterocycles. The van der Waals surface area contributed by atoms with Gasteiger partial charge in [0.15, 0.2) is 0 Å². The largest absolute Gasteiger partial charge is 0.368 e. The minimum Gasteiger partial charge on any atom is -0.368 e. The van der Waals surface area contributed by atoms with E-state index in [4.69, 9.17) is 0 Å². The summed E-state index contributed by atoms with van der Waals surface area (Å²) in [7, 11) is 0. The zero-order valence-corrected chi connectivity index (χ0v) is 10.3. The third-order valence-corrected chi connectivity index (χ3v) is 3.44. The van der Waals surface area contributed by atoms with Gasteiger partial charge in [0, 0.05) is 24.7 Å². The molecule has 0 aliphatic carbocycles. The summed E-state index contributed by atoms with van der Waals surface area (Å²) in [6.07, 6.45) is 1.69. The lowest BCUT2D eigenvalue weighted by Gasteiger charge is -2.25. The van der Waals surface area contributed by atoms with E-state index in [2.05, 4.69) is 36.9 Å². The van der Waals surface area contributed by atoms with Gasteiger partial charge in [0.2, 0.25) is 0 Å². The maximum absolute atomic E-state index is 11.3. The minimum absolute atomic E-state index is 0.286. The van der Waals surface area contributed by atoms with E-state index in [-0.39, 0.29) is 5.78 Å². The Morgan fingerprint density at radius 1 is 1.50 bits per heavy atom. The van der Waals surface area contributed by atoms with Crippen molar-refractivity contribution in [3.63, 3.8) is 0 Å². The fourth-order valence-corrected chi connectivity index (χ4v) is 2.71. The highest BCUT2D eigenvalue weighted by atomic mass is 16.1. The van der Waals surface area contributed by atoms with Crippen LogP contribution in [0.3, 0.4) is 0 Å². The van der Waals surface area contributed by atoms with Crippen LogP contribution >= 0.6 is 0 Å². The minimum atomic E-state index is 0.286. The Labute approximate surface area is 97.3 Å². The maximum atomic E-state index is 11.3. The molecule has 1 aliphatic rings. The van der Waals surface area contributed by atoms with Crippen LogP contribution in [-0.4, -0.2) is 18.4 Å². The van der Waals surface area contributed by atoms with Crippen molar-refractivity contribution in [3.8, 4) is 0 Å². The number of carbonyl (C=O) groups excluding carboxylic acids is 1. The lowest BCUT2D eigenvalue weighted by atomic mass is 10.0. The topological polar surface area (TPSA) is 20.3 Å². The molecule has 1 aromatic rings. The first-order valence-corrected chi connectivity index (χ1v) is 5.98. The first-order chi connectivity index (χ1) is 7.63. The monoisotopic (exact) mass is 217 g/mol. The predicted molar refractivity (Wildman–Crippen MR) is 67.0 cm³/mol. The molecule has 2 rings (SSSR count). The summed E-state index contributed by atoms with van der Waals surface area (Å²) < 4.78 is 0. The van der Waals surface area contributed by atoms with Crippen LogP contribution in [0.1, 0.15) is 31.4 Å². The van der Waals surface area contributed by atoms with Crippen molar-refractivity contribution in [2.24, 2.45) is 0 Å². The van der Waals surface area contributed by atoms with Gasteiger partial charge in [0.05, 0.1) is 0 Å². The lowest BCUT2D eigenvalue weighted by Crippen LogP contribution is -2.33. The van der Waals surface area contributed by atoms with Crippen LogP contribution in [0.15, 0.2) is 18.2 Å². The number of nitrogens with zero attached hydrogens (tertiary/aromatic N) is 1. The molecule has 1 aromatic carbocycles. The molecule has 16 heavy (non-hydrogen) atoms. The number of fused-ring (bicyclic) bond motifs is 1. The van der Waals surface area contributed by atoms with Crippen molar-refractivity contribution in [2.75, 3.05) is 11.4 Å². The molecule has 1 aliphatic heterocycles. The fourth-order valence-electron chi connectivity index (χ4n) is 2.71. The number of aryl methyl sites for hydroxylation is 1. The first kappa shape index (κ1) is 11.2. The fraction of sp³-hybridized carbons (Fsp3) is 0.500. The Morgan fingerprint density at radius 2 is 2.25 bits per heavy atom. The molecule has 1 atom stereocenters. The number of likely N-dealkylation sites (N-methyl/N-ethyl adjacent to an activating group) is 1. The van der Waals surface area contributed by atoms with E-state index in [1.54, 1.807) is 6.92 Å². The molecule has 2 nitrogen and oxygen atoms in total. The van der Waals surface area contributed by atoms with E-state index in [0.29, 0.717) is 12.5 Å². The van der Waals surface area contributed by atoms with E-state index in [9.17, 15) is 4.79 Å².